The number of ether oxygens (including phenoxy) is 1. The highest BCUT2D eigenvalue weighted by Crippen LogP contribution is 2.21. The third-order valence-corrected chi connectivity index (χ3v) is 5.17. The van der Waals surface area contributed by atoms with Gasteiger partial charge in [0.05, 0.1) is 7.11 Å². The summed E-state index contributed by atoms with van der Waals surface area (Å²) in [5.41, 5.74) is 1.36. The van der Waals surface area contributed by atoms with Gasteiger partial charge in [-0.15, -0.1) is 0 Å². The largest absolute Gasteiger partial charge is 0.497 e. The molecule has 2 rings (SSSR count). The molecule has 1 aromatic rings. The molecular formula is C21H36N2O2. The molecule has 25 heavy (non-hydrogen) atoms. The number of hydrogen-bond acceptors (Lipinski definition) is 4. The molecular weight excluding hydrogens is 312 g/mol. The van der Waals surface area contributed by atoms with E-state index in [-0.39, 0.29) is 12.0 Å². The number of aliphatic hydroxyl groups excluding tert-OH is 1. The molecule has 0 aliphatic carbocycles. The zero-order chi connectivity index (χ0) is 18.3. The van der Waals surface area contributed by atoms with Gasteiger partial charge in [-0.2, -0.15) is 0 Å². The number of likely N-dealkylation sites (tertiary alicyclic amines) is 1. The van der Waals surface area contributed by atoms with Gasteiger partial charge in [-0.1, -0.05) is 26.0 Å². The van der Waals surface area contributed by atoms with E-state index in [9.17, 15) is 5.11 Å². The van der Waals surface area contributed by atoms with E-state index in [1.165, 1.54) is 31.5 Å². The lowest BCUT2D eigenvalue weighted by Crippen LogP contribution is -2.43. The van der Waals surface area contributed by atoms with Gasteiger partial charge in [-0.25, -0.2) is 0 Å². The molecule has 1 saturated heterocycles. The highest BCUT2D eigenvalue weighted by atomic mass is 16.5. The third kappa shape index (κ3) is 6.96. The van der Waals surface area contributed by atoms with E-state index >= 15 is 0 Å². The fourth-order valence-corrected chi connectivity index (χ4v) is 3.87. The molecule has 4 nitrogen and oxygen atoms in total. The molecule has 1 aromatic carbocycles. The van der Waals surface area contributed by atoms with Crippen LogP contribution >= 0.6 is 0 Å². The Morgan fingerprint density at radius 3 is 2.64 bits per heavy atom. The Balaban J connectivity index is 1.76. The molecule has 0 aromatic heterocycles. The van der Waals surface area contributed by atoms with Crippen LogP contribution in [0.4, 0.5) is 0 Å². The lowest BCUT2D eigenvalue weighted by Gasteiger charge is -2.36. The normalized spacial score (nSPS) is 19.4. The molecule has 142 valence electrons. The van der Waals surface area contributed by atoms with Gasteiger partial charge in [0.15, 0.2) is 0 Å². The minimum atomic E-state index is -0.0164. The third-order valence-electron chi connectivity index (χ3n) is 5.17. The summed E-state index contributed by atoms with van der Waals surface area (Å²) in [7, 11) is 3.90. The fourth-order valence-electron chi connectivity index (χ4n) is 3.87. The zero-order valence-corrected chi connectivity index (χ0v) is 16.5. The van der Waals surface area contributed by atoms with Crippen molar-refractivity contribution in [3.8, 4) is 5.75 Å². The number of hydrogen-bond donors (Lipinski definition) is 1. The quantitative estimate of drug-likeness (QED) is 0.744. The van der Waals surface area contributed by atoms with Crippen LogP contribution in [-0.4, -0.2) is 68.4 Å². The van der Waals surface area contributed by atoms with Gasteiger partial charge in [0.25, 0.3) is 0 Å². The number of nitrogens with zero attached hydrogens (tertiary/aromatic N) is 2. The van der Waals surface area contributed by atoms with Crippen molar-refractivity contribution < 1.29 is 9.84 Å². The van der Waals surface area contributed by atoms with E-state index in [4.69, 9.17) is 4.74 Å². The molecule has 1 heterocycles. The molecule has 4 heteroatoms. The Hall–Kier alpha value is -1.10. The summed E-state index contributed by atoms with van der Waals surface area (Å²) >= 11 is 0. The Kier molecular flexibility index (Phi) is 7.73. The maximum absolute atomic E-state index is 9.46. The number of aliphatic hydroxyl groups is 1. The van der Waals surface area contributed by atoms with Crippen molar-refractivity contribution in [1.29, 1.82) is 0 Å². The Labute approximate surface area is 153 Å². The van der Waals surface area contributed by atoms with Crippen LogP contribution in [0.25, 0.3) is 0 Å². The second-order valence-corrected chi connectivity index (χ2v) is 8.43. The van der Waals surface area contributed by atoms with Crippen LogP contribution in [0.3, 0.4) is 0 Å². The standard InChI is InChI=1S/C21H36N2O2/c1-21(2,17-24)16-22(3)14-19-6-5-12-23(15-19)13-11-18-7-9-20(25-4)10-8-18/h7-10,19,24H,5-6,11-17H2,1-4H3/t19-/m0/s1. The molecule has 0 amide bonds. The smallest absolute Gasteiger partial charge is 0.118 e. The average Bonchev–Trinajstić information content (AvgIpc) is 2.60. The predicted octanol–water partition coefficient (Wildman–Crippen LogP) is 2.90. The molecule has 1 aliphatic rings. The monoisotopic (exact) mass is 348 g/mol. The maximum atomic E-state index is 9.46. The molecule has 0 radical (unpaired) electrons. The summed E-state index contributed by atoms with van der Waals surface area (Å²) in [4.78, 5) is 5.01. The van der Waals surface area contributed by atoms with Gasteiger partial charge < -0.3 is 19.6 Å². The first-order valence-electron chi connectivity index (χ1n) is 9.56. The van der Waals surface area contributed by atoms with Crippen molar-refractivity contribution in [2.24, 2.45) is 11.3 Å². The Morgan fingerprint density at radius 1 is 1.28 bits per heavy atom. The topological polar surface area (TPSA) is 35.9 Å². The van der Waals surface area contributed by atoms with Gasteiger partial charge in [-0.3, -0.25) is 0 Å². The van der Waals surface area contributed by atoms with E-state index in [1.54, 1.807) is 7.11 Å². The highest BCUT2D eigenvalue weighted by Gasteiger charge is 2.24. The van der Waals surface area contributed by atoms with Crippen molar-refractivity contribution in [3.63, 3.8) is 0 Å². The summed E-state index contributed by atoms with van der Waals surface area (Å²) < 4.78 is 5.23. The summed E-state index contributed by atoms with van der Waals surface area (Å²) in [6, 6.07) is 8.44. The lowest BCUT2D eigenvalue weighted by molar-refractivity contribution is 0.0907. The number of piperidine rings is 1. The molecule has 0 saturated carbocycles. The van der Waals surface area contributed by atoms with Crippen molar-refractivity contribution in [1.82, 2.24) is 9.80 Å². The van der Waals surface area contributed by atoms with Gasteiger partial charge in [-0.05, 0) is 56.5 Å². The number of benzene rings is 1. The van der Waals surface area contributed by atoms with Crippen molar-refractivity contribution in [2.75, 3.05) is 53.5 Å². The fraction of sp³-hybridized carbons (Fsp3) is 0.714. The van der Waals surface area contributed by atoms with Crippen LogP contribution in [-0.2, 0) is 6.42 Å². The first-order chi connectivity index (χ1) is 11.9. The molecule has 0 unspecified atom stereocenters. The first-order valence-corrected chi connectivity index (χ1v) is 9.56. The Bertz CT molecular complexity index is 501. The van der Waals surface area contributed by atoms with Gasteiger partial charge >= 0.3 is 0 Å². The SMILES string of the molecule is COc1ccc(CCN2CCC[C@@H](CN(C)CC(C)(C)CO)C2)cc1. The average molecular weight is 349 g/mol. The molecule has 1 fully saturated rings. The van der Waals surface area contributed by atoms with Crippen molar-refractivity contribution in [3.05, 3.63) is 29.8 Å². The van der Waals surface area contributed by atoms with Crippen LogP contribution in [0.5, 0.6) is 5.75 Å². The lowest BCUT2D eigenvalue weighted by atomic mass is 9.92. The van der Waals surface area contributed by atoms with E-state index in [1.807, 2.05) is 12.1 Å². The van der Waals surface area contributed by atoms with Gasteiger partial charge in [0.1, 0.15) is 5.75 Å². The van der Waals surface area contributed by atoms with Crippen LogP contribution in [0, 0.1) is 11.3 Å². The molecule has 0 bridgehead atoms. The Morgan fingerprint density at radius 2 is 2.00 bits per heavy atom. The number of rotatable bonds is 9. The van der Waals surface area contributed by atoms with Crippen LogP contribution in [0.15, 0.2) is 24.3 Å². The van der Waals surface area contributed by atoms with Gasteiger partial charge in [0, 0.05) is 38.2 Å². The molecule has 1 aliphatic heterocycles. The van der Waals surface area contributed by atoms with Crippen molar-refractivity contribution >= 4 is 0 Å². The maximum Gasteiger partial charge on any atom is 0.118 e. The zero-order valence-electron chi connectivity index (χ0n) is 16.5. The first kappa shape index (κ1) is 20.2. The number of methoxy groups -OCH3 is 1. The van der Waals surface area contributed by atoms with E-state index in [0.29, 0.717) is 0 Å². The summed E-state index contributed by atoms with van der Waals surface area (Å²) in [6.45, 7) is 10.1. The minimum Gasteiger partial charge on any atom is -0.497 e. The second-order valence-electron chi connectivity index (χ2n) is 8.43. The van der Waals surface area contributed by atoms with Gasteiger partial charge in [0.2, 0.25) is 0 Å². The van der Waals surface area contributed by atoms with Crippen LogP contribution in [0.1, 0.15) is 32.3 Å². The van der Waals surface area contributed by atoms with E-state index in [2.05, 4.69) is 42.8 Å². The van der Waals surface area contributed by atoms with Crippen molar-refractivity contribution in [2.45, 2.75) is 33.1 Å². The highest BCUT2D eigenvalue weighted by molar-refractivity contribution is 5.27. The van der Waals surface area contributed by atoms with Crippen LogP contribution < -0.4 is 4.74 Å². The summed E-state index contributed by atoms with van der Waals surface area (Å²) in [5, 5.41) is 9.46. The second kappa shape index (κ2) is 9.56. The molecule has 1 atom stereocenters. The predicted molar refractivity (Wildman–Crippen MR) is 104 cm³/mol. The molecule has 0 spiro atoms. The van der Waals surface area contributed by atoms with E-state index < -0.39 is 0 Å². The molecule has 1 N–H and O–H groups in total. The summed E-state index contributed by atoms with van der Waals surface area (Å²) in [5.74, 6) is 1.67. The summed E-state index contributed by atoms with van der Waals surface area (Å²) in [6.07, 6.45) is 3.72. The minimum absolute atomic E-state index is 0.0164. The van der Waals surface area contributed by atoms with E-state index in [0.717, 1.165) is 37.7 Å². The van der Waals surface area contributed by atoms with Crippen LogP contribution in [0.2, 0.25) is 0 Å².